The molecular weight excluding hydrogens is 306 g/mol. The van der Waals surface area contributed by atoms with Crippen LogP contribution in [0.3, 0.4) is 0 Å². The second-order valence-corrected chi connectivity index (χ2v) is 7.96. The van der Waals surface area contributed by atoms with Crippen molar-refractivity contribution in [2.45, 2.75) is 57.3 Å². The zero-order valence-electron chi connectivity index (χ0n) is 14.9. The van der Waals surface area contributed by atoms with E-state index in [9.17, 15) is 4.79 Å². The van der Waals surface area contributed by atoms with Gasteiger partial charge in [0, 0.05) is 49.7 Å². The zero-order valence-corrected chi connectivity index (χ0v) is 14.9. The Labute approximate surface area is 143 Å². The molecule has 1 aromatic heterocycles. The molecule has 1 amide bonds. The highest BCUT2D eigenvalue weighted by Crippen LogP contribution is 2.24. The molecule has 0 radical (unpaired) electrons. The van der Waals surface area contributed by atoms with Gasteiger partial charge in [0.15, 0.2) is 0 Å². The molecule has 2 N–H and O–H groups in total. The van der Waals surface area contributed by atoms with E-state index in [-0.39, 0.29) is 30.2 Å². The van der Waals surface area contributed by atoms with Gasteiger partial charge in [0.05, 0.1) is 18.3 Å². The van der Waals surface area contributed by atoms with E-state index < -0.39 is 0 Å². The Morgan fingerprint density at radius 2 is 2.21 bits per heavy atom. The Kier molecular flexibility index (Phi) is 4.99. The van der Waals surface area contributed by atoms with Crippen molar-refractivity contribution in [3.05, 3.63) is 24.0 Å². The lowest BCUT2D eigenvalue weighted by molar-refractivity contribution is -0.0566. The van der Waals surface area contributed by atoms with Crippen molar-refractivity contribution >= 4 is 5.91 Å². The maximum Gasteiger partial charge on any atom is 0.253 e. The lowest BCUT2D eigenvalue weighted by atomic mass is 10.1. The van der Waals surface area contributed by atoms with E-state index >= 15 is 0 Å². The maximum absolute atomic E-state index is 12.5. The molecule has 0 aromatic carbocycles. The van der Waals surface area contributed by atoms with Gasteiger partial charge in [-0.2, -0.15) is 0 Å². The summed E-state index contributed by atoms with van der Waals surface area (Å²) in [6.07, 6.45) is 5.59. The van der Waals surface area contributed by atoms with Crippen molar-refractivity contribution in [1.82, 2.24) is 14.8 Å². The summed E-state index contributed by atoms with van der Waals surface area (Å²) < 4.78 is 7.86. The normalized spacial score (nSPS) is 27.9. The molecule has 3 rings (SSSR count). The molecule has 2 aliphatic heterocycles. The lowest BCUT2D eigenvalue weighted by Gasteiger charge is -2.34. The highest BCUT2D eigenvalue weighted by atomic mass is 16.5. The van der Waals surface area contributed by atoms with Crippen LogP contribution in [-0.4, -0.2) is 65.0 Å². The number of ether oxygens (including phenoxy) is 1. The molecule has 0 bridgehead atoms. The van der Waals surface area contributed by atoms with Gasteiger partial charge in [-0.15, -0.1) is 0 Å². The van der Waals surface area contributed by atoms with Gasteiger partial charge < -0.3 is 19.7 Å². The molecule has 2 saturated heterocycles. The van der Waals surface area contributed by atoms with E-state index in [1.54, 1.807) is 0 Å². The molecule has 24 heavy (non-hydrogen) atoms. The molecule has 134 valence electrons. The first-order chi connectivity index (χ1) is 11.4. The first kappa shape index (κ1) is 17.5. The van der Waals surface area contributed by atoms with Gasteiger partial charge in [-0.1, -0.05) is 0 Å². The van der Waals surface area contributed by atoms with E-state index in [0.717, 1.165) is 19.5 Å². The van der Waals surface area contributed by atoms with Crippen LogP contribution in [0.15, 0.2) is 18.5 Å². The number of hydrogen-bond acceptors (Lipinski definition) is 4. The lowest BCUT2D eigenvalue weighted by Crippen LogP contribution is -2.46. The monoisotopic (exact) mass is 335 g/mol. The number of morpholine rings is 1. The van der Waals surface area contributed by atoms with Gasteiger partial charge in [0.25, 0.3) is 5.91 Å². The number of carbonyl (C=O) groups is 1. The first-order valence-electron chi connectivity index (χ1n) is 8.82. The molecule has 0 saturated carbocycles. The summed E-state index contributed by atoms with van der Waals surface area (Å²) in [7, 11) is 0. The Balaban J connectivity index is 1.55. The van der Waals surface area contributed by atoms with Crippen molar-refractivity contribution < 1.29 is 14.6 Å². The van der Waals surface area contributed by atoms with E-state index in [1.807, 2.05) is 18.5 Å². The third kappa shape index (κ3) is 3.82. The van der Waals surface area contributed by atoms with Crippen LogP contribution >= 0.6 is 0 Å². The molecule has 0 aliphatic carbocycles. The van der Waals surface area contributed by atoms with Crippen molar-refractivity contribution in [2.75, 3.05) is 26.3 Å². The van der Waals surface area contributed by atoms with Crippen molar-refractivity contribution in [3.63, 3.8) is 0 Å². The second-order valence-electron chi connectivity index (χ2n) is 7.96. The Bertz CT molecular complexity index is 578. The van der Waals surface area contributed by atoms with E-state index in [2.05, 4.69) is 35.6 Å². The second kappa shape index (κ2) is 6.86. The number of aromatic nitrogens is 1. The number of amides is 1. The standard InChI is InChI=1S/C18H29N3O3/c1-18(2,3)21-6-4-13(9-21)17(23)19-14-8-15-12-24-16(5-7-22)11-20(15)10-14/h4,6,9,14-16,22H,5,7-8,10-12H2,1-3H3,(H,19,23)/t14-,15+,16+/m1/s1. The van der Waals surface area contributed by atoms with Crippen molar-refractivity contribution in [1.29, 1.82) is 0 Å². The van der Waals surface area contributed by atoms with Crippen LogP contribution in [-0.2, 0) is 10.3 Å². The minimum Gasteiger partial charge on any atom is -0.396 e. The van der Waals surface area contributed by atoms with Gasteiger partial charge in [-0.3, -0.25) is 9.69 Å². The highest BCUT2D eigenvalue weighted by molar-refractivity contribution is 5.94. The highest BCUT2D eigenvalue weighted by Gasteiger charge is 2.37. The number of hydrogen-bond donors (Lipinski definition) is 2. The Hall–Kier alpha value is -1.37. The van der Waals surface area contributed by atoms with Crippen molar-refractivity contribution in [3.8, 4) is 0 Å². The number of carbonyl (C=O) groups excluding carboxylic acids is 1. The smallest absolute Gasteiger partial charge is 0.253 e. The van der Waals surface area contributed by atoms with Crippen LogP contribution in [0.1, 0.15) is 44.0 Å². The van der Waals surface area contributed by atoms with Gasteiger partial charge >= 0.3 is 0 Å². The molecular formula is C18H29N3O3. The SMILES string of the molecule is CC(C)(C)n1ccc(C(=O)N[C@@H]2C[C@H]3CO[C@@H](CCO)CN3C2)c1. The first-order valence-corrected chi connectivity index (χ1v) is 8.82. The molecule has 0 unspecified atom stereocenters. The summed E-state index contributed by atoms with van der Waals surface area (Å²) in [6.45, 7) is 8.91. The van der Waals surface area contributed by atoms with E-state index in [4.69, 9.17) is 9.84 Å². The number of aliphatic hydroxyl groups is 1. The zero-order chi connectivity index (χ0) is 17.3. The van der Waals surface area contributed by atoms with Gasteiger partial charge in [0.2, 0.25) is 0 Å². The third-order valence-electron chi connectivity index (χ3n) is 5.01. The number of aliphatic hydroxyl groups excluding tert-OH is 1. The van der Waals surface area contributed by atoms with Crippen LogP contribution in [0.25, 0.3) is 0 Å². The average Bonchev–Trinajstić information content (AvgIpc) is 3.12. The van der Waals surface area contributed by atoms with Crippen LogP contribution < -0.4 is 5.32 Å². The Morgan fingerprint density at radius 1 is 1.42 bits per heavy atom. The molecule has 3 atom stereocenters. The van der Waals surface area contributed by atoms with Crippen LogP contribution in [0.4, 0.5) is 0 Å². The predicted octanol–water partition coefficient (Wildman–Crippen LogP) is 1.20. The third-order valence-corrected chi connectivity index (χ3v) is 5.01. The van der Waals surface area contributed by atoms with E-state index in [1.165, 1.54) is 0 Å². The quantitative estimate of drug-likeness (QED) is 0.868. The summed E-state index contributed by atoms with van der Waals surface area (Å²) >= 11 is 0. The van der Waals surface area contributed by atoms with Crippen LogP contribution in [0.2, 0.25) is 0 Å². The number of nitrogens with zero attached hydrogens (tertiary/aromatic N) is 2. The number of nitrogens with one attached hydrogen (secondary N) is 1. The molecule has 6 heteroatoms. The summed E-state index contributed by atoms with van der Waals surface area (Å²) in [4.78, 5) is 14.9. The summed E-state index contributed by atoms with van der Waals surface area (Å²) in [6, 6.07) is 2.42. The summed E-state index contributed by atoms with van der Waals surface area (Å²) in [5.41, 5.74) is 0.690. The van der Waals surface area contributed by atoms with Gasteiger partial charge in [0.1, 0.15) is 0 Å². The predicted molar refractivity (Wildman–Crippen MR) is 92.1 cm³/mol. The van der Waals surface area contributed by atoms with Crippen molar-refractivity contribution in [2.24, 2.45) is 0 Å². The number of rotatable bonds is 4. The summed E-state index contributed by atoms with van der Waals surface area (Å²) in [5, 5.41) is 12.2. The molecule has 0 spiro atoms. The molecule has 1 aromatic rings. The fraction of sp³-hybridized carbons (Fsp3) is 0.722. The average molecular weight is 335 g/mol. The molecule has 6 nitrogen and oxygen atoms in total. The van der Waals surface area contributed by atoms with Crippen LogP contribution in [0.5, 0.6) is 0 Å². The molecule has 3 heterocycles. The Morgan fingerprint density at radius 3 is 2.88 bits per heavy atom. The van der Waals surface area contributed by atoms with Gasteiger partial charge in [-0.25, -0.2) is 0 Å². The van der Waals surface area contributed by atoms with Gasteiger partial charge in [-0.05, 0) is 39.7 Å². The largest absolute Gasteiger partial charge is 0.396 e. The minimum atomic E-state index is -0.0222. The summed E-state index contributed by atoms with van der Waals surface area (Å²) in [5.74, 6) is -0.00401. The fourth-order valence-electron chi connectivity index (χ4n) is 3.58. The topological polar surface area (TPSA) is 66.7 Å². The number of fused-ring (bicyclic) bond motifs is 1. The van der Waals surface area contributed by atoms with E-state index in [0.29, 0.717) is 24.6 Å². The van der Waals surface area contributed by atoms with Crippen LogP contribution in [0, 0.1) is 0 Å². The maximum atomic E-state index is 12.5. The molecule has 2 fully saturated rings. The minimum absolute atomic E-state index is 0.00401. The fourth-order valence-corrected chi connectivity index (χ4v) is 3.58. The molecule has 2 aliphatic rings.